The first-order valence-electron chi connectivity index (χ1n) is 3.74. The maximum Gasteiger partial charge on any atom is 0.191 e. The minimum atomic E-state index is 0.587. The molecule has 10 heavy (non-hydrogen) atoms. The third kappa shape index (κ3) is 1.23. The van der Waals surface area contributed by atoms with Crippen LogP contribution < -0.4 is 5.73 Å². The fraction of sp³-hybridized carbons (Fsp3) is 0.857. The predicted molar refractivity (Wildman–Crippen MR) is 42.9 cm³/mol. The van der Waals surface area contributed by atoms with E-state index < -0.39 is 0 Å². The lowest BCUT2D eigenvalue weighted by Crippen LogP contribution is -2.39. The van der Waals surface area contributed by atoms with Gasteiger partial charge in [-0.05, 0) is 19.8 Å². The normalized spacial score (nSPS) is 27.6. The largest absolute Gasteiger partial charge is 0.370 e. The summed E-state index contributed by atoms with van der Waals surface area (Å²) in [6.07, 6.45) is 2.49. The zero-order valence-corrected chi connectivity index (χ0v) is 6.67. The summed E-state index contributed by atoms with van der Waals surface area (Å²) in [5, 5.41) is 0. The number of nitrogens with two attached hydrogens (primary N) is 1. The van der Waals surface area contributed by atoms with Crippen molar-refractivity contribution in [3.63, 3.8) is 0 Å². The predicted octanol–water partition coefficient (Wildman–Crippen LogP) is 0.415. The highest BCUT2D eigenvalue weighted by atomic mass is 15.3. The van der Waals surface area contributed by atoms with Crippen LogP contribution in [-0.4, -0.2) is 30.5 Å². The Labute approximate surface area is 61.9 Å². The third-order valence-corrected chi connectivity index (χ3v) is 2.08. The van der Waals surface area contributed by atoms with E-state index in [0.29, 0.717) is 12.0 Å². The minimum absolute atomic E-state index is 0.587. The number of aliphatic imine (C=N–C) groups is 1. The SMILES string of the molecule is CN=C(N)N1CCCC1C. The van der Waals surface area contributed by atoms with Gasteiger partial charge in [0.25, 0.3) is 0 Å². The van der Waals surface area contributed by atoms with Crippen LogP contribution >= 0.6 is 0 Å². The summed E-state index contributed by atoms with van der Waals surface area (Å²) in [6, 6.07) is 0.587. The van der Waals surface area contributed by atoms with Gasteiger partial charge in [0.2, 0.25) is 0 Å². The fourth-order valence-corrected chi connectivity index (χ4v) is 1.40. The van der Waals surface area contributed by atoms with Gasteiger partial charge in [0, 0.05) is 19.6 Å². The maximum absolute atomic E-state index is 5.64. The number of nitrogens with zero attached hydrogens (tertiary/aromatic N) is 2. The van der Waals surface area contributed by atoms with E-state index in [1.807, 2.05) is 0 Å². The molecule has 3 nitrogen and oxygen atoms in total. The van der Waals surface area contributed by atoms with Crippen molar-refractivity contribution in [2.45, 2.75) is 25.8 Å². The van der Waals surface area contributed by atoms with Crippen molar-refractivity contribution in [1.82, 2.24) is 4.90 Å². The van der Waals surface area contributed by atoms with Crippen molar-refractivity contribution in [2.75, 3.05) is 13.6 Å². The number of hydrogen-bond donors (Lipinski definition) is 1. The van der Waals surface area contributed by atoms with Gasteiger partial charge in [-0.25, -0.2) is 0 Å². The Morgan fingerprint density at radius 3 is 2.80 bits per heavy atom. The number of guanidine groups is 1. The fourth-order valence-electron chi connectivity index (χ4n) is 1.40. The molecule has 0 bridgehead atoms. The molecule has 2 N–H and O–H groups in total. The van der Waals surface area contributed by atoms with Crippen LogP contribution in [0.25, 0.3) is 0 Å². The van der Waals surface area contributed by atoms with Crippen LogP contribution in [0.15, 0.2) is 4.99 Å². The molecule has 0 aromatic rings. The summed E-state index contributed by atoms with van der Waals surface area (Å²) in [4.78, 5) is 6.09. The summed E-state index contributed by atoms with van der Waals surface area (Å²) in [7, 11) is 1.74. The molecule has 0 radical (unpaired) electrons. The molecule has 1 fully saturated rings. The van der Waals surface area contributed by atoms with Crippen molar-refractivity contribution in [1.29, 1.82) is 0 Å². The molecular formula is C7H15N3. The highest BCUT2D eigenvalue weighted by Gasteiger charge is 2.20. The lowest BCUT2D eigenvalue weighted by molar-refractivity contribution is 0.410. The van der Waals surface area contributed by atoms with Gasteiger partial charge in [-0.2, -0.15) is 0 Å². The first-order chi connectivity index (χ1) is 4.75. The van der Waals surface area contributed by atoms with Crippen LogP contribution in [0.1, 0.15) is 19.8 Å². The Balaban J connectivity index is 2.55. The number of likely N-dealkylation sites (tertiary alicyclic amines) is 1. The van der Waals surface area contributed by atoms with Crippen molar-refractivity contribution in [3.8, 4) is 0 Å². The van der Waals surface area contributed by atoms with E-state index in [4.69, 9.17) is 5.73 Å². The van der Waals surface area contributed by atoms with Gasteiger partial charge in [0.05, 0.1) is 0 Å². The third-order valence-electron chi connectivity index (χ3n) is 2.08. The summed E-state index contributed by atoms with van der Waals surface area (Å²) in [6.45, 7) is 3.26. The van der Waals surface area contributed by atoms with Gasteiger partial charge in [-0.15, -0.1) is 0 Å². The van der Waals surface area contributed by atoms with E-state index in [0.717, 1.165) is 6.54 Å². The molecule has 1 heterocycles. The lowest BCUT2D eigenvalue weighted by atomic mass is 10.2. The molecule has 1 rings (SSSR count). The second kappa shape index (κ2) is 2.90. The second-order valence-corrected chi connectivity index (χ2v) is 2.77. The first-order valence-corrected chi connectivity index (χ1v) is 3.74. The molecule has 0 aliphatic carbocycles. The van der Waals surface area contributed by atoms with Crippen LogP contribution in [0.4, 0.5) is 0 Å². The van der Waals surface area contributed by atoms with E-state index in [2.05, 4.69) is 16.8 Å². The molecule has 1 aliphatic heterocycles. The molecule has 1 unspecified atom stereocenters. The van der Waals surface area contributed by atoms with Gasteiger partial charge in [-0.3, -0.25) is 4.99 Å². The Bertz CT molecular complexity index is 142. The average Bonchev–Trinajstić information content (AvgIpc) is 2.34. The summed E-state index contributed by atoms with van der Waals surface area (Å²) < 4.78 is 0. The van der Waals surface area contributed by atoms with Crippen LogP contribution in [0.3, 0.4) is 0 Å². The quantitative estimate of drug-likeness (QED) is 0.392. The molecular weight excluding hydrogens is 126 g/mol. The first kappa shape index (κ1) is 7.38. The van der Waals surface area contributed by atoms with Crippen LogP contribution in [-0.2, 0) is 0 Å². The van der Waals surface area contributed by atoms with E-state index in [1.165, 1.54) is 12.8 Å². The van der Waals surface area contributed by atoms with Gasteiger partial charge in [0.15, 0.2) is 5.96 Å². The van der Waals surface area contributed by atoms with Crippen LogP contribution in [0.2, 0.25) is 0 Å². The molecule has 0 aromatic heterocycles. The Morgan fingerprint density at radius 1 is 1.70 bits per heavy atom. The van der Waals surface area contributed by atoms with E-state index in [9.17, 15) is 0 Å². The maximum atomic E-state index is 5.64. The summed E-state index contributed by atoms with van der Waals surface area (Å²) >= 11 is 0. The van der Waals surface area contributed by atoms with E-state index in [-0.39, 0.29) is 0 Å². The Kier molecular flexibility index (Phi) is 2.14. The van der Waals surface area contributed by atoms with Crippen molar-refractivity contribution >= 4 is 5.96 Å². The van der Waals surface area contributed by atoms with Crippen molar-refractivity contribution in [3.05, 3.63) is 0 Å². The van der Waals surface area contributed by atoms with Crippen molar-refractivity contribution in [2.24, 2.45) is 10.7 Å². The molecule has 58 valence electrons. The molecule has 3 heteroatoms. The zero-order chi connectivity index (χ0) is 7.56. The van der Waals surface area contributed by atoms with Crippen LogP contribution in [0, 0.1) is 0 Å². The number of rotatable bonds is 0. The highest BCUT2D eigenvalue weighted by Crippen LogP contribution is 2.14. The Morgan fingerprint density at radius 2 is 2.40 bits per heavy atom. The van der Waals surface area contributed by atoms with Crippen LogP contribution in [0.5, 0.6) is 0 Å². The monoisotopic (exact) mass is 141 g/mol. The molecule has 0 saturated carbocycles. The summed E-state index contributed by atoms with van der Waals surface area (Å²) in [5.74, 6) is 0.685. The van der Waals surface area contributed by atoms with E-state index >= 15 is 0 Å². The molecule has 1 atom stereocenters. The lowest BCUT2D eigenvalue weighted by Gasteiger charge is -2.21. The number of hydrogen-bond acceptors (Lipinski definition) is 1. The molecule has 1 aliphatic rings. The second-order valence-electron chi connectivity index (χ2n) is 2.77. The highest BCUT2D eigenvalue weighted by molar-refractivity contribution is 5.78. The zero-order valence-electron chi connectivity index (χ0n) is 6.67. The average molecular weight is 141 g/mol. The molecule has 0 spiro atoms. The summed E-state index contributed by atoms with van der Waals surface area (Å²) in [5.41, 5.74) is 5.64. The van der Waals surface area contributed by atoms with E-state index in [1.54, 1.807) is 7.05 Å². The van der Waals surface area contributed by atoms with Crippen molar-refractivity contribution < 1.29 is 0 Å². The minimum Gasteiger partial charge on any atom is -0.370 e. The smallest absolute Gasteiger partial charge is 0.191 e. The van der Waals surface area contributed by atoms with Gasteiger partial charge in [0.1, 0.15) is 0 Å². The van der Waals surface area contributed by atoms with Gasteiger partial charge < -0.3 is 10.6 Å². The van der Waals surface area contributed by atoms with Gasteiger partial charge in [-0.1, -0.05) is 0 Å². The molecule has 0 aromatic carbocycles. The Hall–Kier alpha value is -0.730. The molecule has 0 amide bonds. The van der Waals surface area contributed by atoms with Gasteiger partial charge >= 0.3 is 0 Å². The topological polar surface area (TPSA) is 41.6 Å². The standard InChI is InChI=1S/C7H15N3/c1-6-4-3-5-10(6)7(8)9-2/h6H,3-5H2,1-2H3,(H2,8,9). The molecule has 1 saturated heterocycles.